The minimum atomic E-state index is 0.168. The smallest absolute Gasteiger partial charge is 0.232 e. The number of nitrogens with two attached hydrogens (primary N) is 1. The number of methoxy groups -OCH3 is 1. The van der Waals surface area contributed by atoms with Crippen LogP contribution < -0.4 is 15.8 Å². The number of rotatable bonds is 8. The topological polar surface area (TPSA) is 112 Å². The maximum absolute atomic E-state index is 5.86. The van der Waals surface area contributed by atoms with Crippen LogP contribution in [0.2, 0.25) is 0 Å². The Balaban J connectivity index is 1.39. The summed E-state index contributed by atoms with van der Waals surface area (Å²) < 4.78 is 10.7. The Kier molecular flexibility index (Phi) is 5.92. The number of aromatic nitrogens is 4. The van der Waals surface area contributed by atoms with Crippen LogP contribution in [0.15, 0.2) is 52.5 Å². The van der Waals surface area contributed by atoms with Gasteiger partial charge < -0.3 is 20.2 Å². The molecule has 29 heavy (non-hydrogen) atoms. The Bertz CT molecular complexity index is 1080. The number of para-hydroxylation sites is 2. The maximum Gasteiger partial charge on any atom is 0.232 e. The first-order valence-electron chi connectivity index (χ1n) is 8.68. The molecule has 0 amide bonds. The van der Waals surface area contributed by atoms with E-state index in [1.54, 1.807) is 36.5 Å². The first kappa shape index (κ1) is 19.2. The van der Waals surface area contributed by atoms with E-state index < -0.39 is 0 Å². The van der Waals surface area contributed by atoms with E-state index in [9.17, 15) is 0 Å². The highest BCUT2D eigenvalue weighted by molar-refractivity contribution is 7.97. The fraction of sp³-hybridized carbons (Fsp3) is 0.158. The molecule has 0 atom stereocenters. The molecule has 4 rings (SSSR count). The molecule has 0 spiro atoms. The second kappa shape index (κ2) is 8.93. The van der Waals surface area contributed by atoms with E-state index in [0.29, 0.717) is 23.3 Å². The second-order valence-corrected chi connectivity index (χ2v) is 7.72. The van der Waals surface area contributed by atoms with Gasteiger partial charge in [0, 0.05) is 11.1 Å². The molecule has 3 N–H and O–H groups in total. The molecule has 4 aromatic rings. The van der Waals surface area contributed by atoms with Crippen LogP contribution in [0, 0.1) is 0 Å². The molecule has 0 saturated carbocycles. The van der Waals surface area contributed by atoms with Gasteiger partial charge in [-0.1, -0.05) is 12.1 Å². The first-order valence-corrected chi connectivity index (χ1v) is 10.7. The molecular weight excluding hydrogens is 408 g/mol. The lowest BCUT2D eigenvalue weighted by Crippen LogP contribution is -2.07. The van der Waals surface area contributed by atoms with Gasteiger partial charge in [-0.3, -0.25) is 0 Å². The van der Waals surface area contributed by atoms with Crippen LogP contribution >= 0.6 is 23.1 Å². The Morgan fingerprint density at radius 2 is 2.00 bits per heavy atom. The SMILES string of the molecule is COc1ccccc1Nc1nc(N)nc(CSCc2csc(-c3ccco3)n2)n1. The van der Waals surface area contributed by atoms with Crippen LogP contribution in [0.5, 0.6) is 5.75 Å². The van der Waals surface area contributed by atoms with Crippen molar-refractivity contribution in [3.05, 3.63) is 59.6 Å². The average Bonchev–Trinajstić information content (AvgIpc) is 3.40. The number of hydrogen-bond acceptors (Lipinski definition) is 10. The monoisotopic (exact) mass is 426 g/mol. The van der Waals surface area contributed by atoms with Crippen molar-refractivity contribution in [2.45, 2.75) is 11.5 Å². The van der Waals surface area contributed by atoms with E-state index in [2.05, 4.69) is 25.3 Å². The highest BCUT2D eigenvalue weighted by atomic mass is 32.2. The maximum atomic E-state index is 5.86. The van der Waals surface area contributed by atoms with Gasteiger partial charge in [0.2, 0.25) is 11.9 Å². The molecule has 0 radical (unpaired) electrons. The number of nitrogen functional groups attached to an aromatic ring is 1. The van der Waals surface area contributed by atoms with E-state index in [1.165, 1.54) is 0 Å². The molecule has 3 aromatic heterocycles. The molecule has 0 aliphatic rings. The van der Waals surface area contributed by atoms with Crippen molar-refractivity contribution < 1.29 is 9.15 Å². The standard InChI is InChI=1S/C19H18N6O2S2/c1-26-14-6-3-2-5-13(14)22-19-24-16(23-18(20)25-19)11-28-9-12-10-29-17(21-12)15-7-4-8-27-15/h2-8,10H,9,11H2,1H3,(H3,20,22,23,24,25). The van der Waals surface area contributed by atoms with E-state index in [-0.39, 0.29) is 5.95 Å². The molecule has 0 fully saturated rings. The number of thiazole rings is 1. The molecule has 1 aromatic carbocycles. The number of ether oxygens (including phenoxy) is 1. The number of nitrogens with one attached hydrogen (secondary N) is 1. The van der Waals surface area contributed by atoms with Gasteiger partial charge in [0.25, 0.3) is 0 Å². The van der Waals surface area contributed by atoms with Crippen molar-refractivity contribution in [3.63, 3.8) is 0 Å². The highest BCUT2D eigenvalue weighted by Gasteiger charge is 2.10. The lowest BCUT2D eigenvalue weighted by molar-refractivity contribution is 0.417. The minimum absolute atomic E-state index is 0.168. The summed E-state index contributed by atoms with van der Waals surface area (Å²) in [5.41, 5.74) is 7.60. The summed E-state index contributed by atoms with van der Waals surface area (Å²) in [5.74, 6) is 3.94. The van der Waals surface area contributed by atoms with E-state index in [4.69, 9.17) is 14.9 Å². The number of hydrogen-bond donors (Lipinski definition) is 2. The molecule has 0 aliphatic carbocycles. The molecule has 0 aliphatic heterocycles. The fourth-order valence-corrected chi connectivity index (χ4v) is 4.22. The Hall–Kier alpha value is -3.11. The Labute approximate surface area is 175 Å². The molecule has 10 heteroatoms. The molecule has 0 bridgehead atoms. The third-order valence-electron chi connectivity index (χ3n) is 3.82. The largest absolute Gasteiger partial charge is 0.495 e. The van der Waals surface area contributed by atoms with Gasteiger partial charge in [0.1, 0.15) is 11.6 Å². The van der Waals surface area contributed by atoms with E-state index in [1.807, 2.05) is 41.8 Å². The lowest BCUT2D eigenvalue weighted by atomic mass is 10.3. The number of furan rings is 1. The lowest BCUT2D eigenvalue weighted by Gasteiger charge is -2.10. The zero-order valence-corrected chi connectivity index (χ0v) is 17.2. The quantitative estimate of drug-likeness (QED) is 0.424. The van der Waals surface area contributed by atoms with Gasteiger partial charge in [-0.25, -0.2) is 4.98 Å². The summed E-state index contributed by atoms with van der Waals surface area (Å²) in [7, 11) is 1.61. The van der Waals surface area contributed by atoms with Crippen molar-refractivity contribution in [1.29, 1.82) is 0 Å². The Morgan fingerprint density at radius 3 is 2.83 bits per heavy atom. The van der Waals surface area contributed by atoms with Crippen molar-refractivity contribution >= 4 is 40.7 Å². The Morgan fingerprint density at radius 1 is 1.10 bits per heavy atom. The van der Waals surface area contributed by atoms with Crippen LogP contribution in [-0.2, 0) is 11.5 Å². The molecule has 0 saturated heterocycles. The third kappa shape index (κ3) is 4.84. The first-order chi connectivity index (χ1) is 14.2. The molecule has 0 unspecified atom stereocenters. The summed E-state index contributed by atoms with van der Waals surface area (Å²) in [6.45, 7) is 0. The van der Waals surface area contributed by atoms with Crippen LogP contribution in [0.25, 0.3) is 10.8 Å². The second-order valence-electron chi connectivity index (χ2n) is 5.87. The van der Waals surface area contributed by atoms with Gasteiger partial charge in [-0.2, -0.15) is 15.0 Å². The molecule has 3 heterocycles. The van der Waals surface area contributed by atoms with Crippen LogP contribution in [0.3, 0.4) is 0 Å². The summed E-state index contributed by atoms with van der Waals surface area (Å²) in [4.78, 5) is 17.4. The van der Waals surface area contributed by atoms with Crippen molar-refractivity contribution in [1.82, 2.24) is 19.9 Å². The average molecular weight is 427 g/mol. The fourth-order valence-electron chi connectivity index (χ4n) is 2.56. The van der Waals surface area contributed by atoms with Gasteiger partial charge in [0.15, 0.2) is 10.8 Å². The minimum Gasteiger partial charge on any atom is -0.495 e. The van der Waals surface area contributed by atoms with Gasteiger partial charge in [-0.15, -0.1) is 23.1 Å². The van der Waals surface area contributed by atoms with Crippen LogP contribution in [-0.4, -0.2) is 27.0 Å². The zero-order chi connectivity index (χ0) is 20.1. The van der Waals surface area contributed by atoms with Gasteiger partial charge >= 0.3 is 0 Å². The summed E-state index contributed by atoms with van der Waals surface area (Å²) in [6, 6.07) is 11.3. The summed E-state index contributed by atoms with van der Waals surface area (Å²) in [5, 5.41) is 6.04. The number of benzene rings is 1. The molecule has 148 valence electrons. The van der Waals surface area contributed by atoms with Gasteiger partial charge in [0.05, 0.1) is 30.5 Å². The predicted molar refractivity (Wildman–Crippen MR) is 115 cm³/mol. The number of thioether (sulfide) groups is 1. The number of anilines is 3. The molecular formula is C19H18N6O2S2. The normalized spacial score (nSPS) is 10.8. The van der Waals surface area contributed by atoms with E-state index in [0.717, 1.165) is 27.9 Å². The van der Waals surface area contributed by atoms with Crippen LogP contribution in [0.1, 0.15) is 11.5 Å². The molecule has 8 nitrogen and oxygen atoms in total. The number of nitrogens with zero attached hydrogens (tertiary/aromatic N) is 4. The third-order valence-corrected chi connectivity index (χ3v) is 5.69. The van der Waals surface area contributed by atoms with Crippen LogP contribution in [0.4, 0.5) is 17.6 Å². The van der Waals surface area contributed by atoms with Crippen molar-refractivity contribution in [2.24, 2.45) is 0 Å². The summed E-state index contributed by atoms with van der Waals surface area (Å²) in [6.07, 6.45) is 1.65. The van der Waals surface area contributed by atoms with Crippen molar-refractivity contribution in [3.8, 4) is 16.5 Å². The highest BCUT2D eigenvalue weighted by Crippen LogP contribution is 2.27. The predicted octanol–water partition coefficient (Wildman–Crippen LogP) is 4.36. The zero-order valence-electron chi connectivity index (χ0n) is 15.5. The van der Waals surface area contributed by atoms with E-state index >= 15 is 0 Å². The summed E-state index contributed by atoms with van der Waals surface area (Å²) >= 11 is 3.22. The van der Waals surface area contributed by atoms with Crippen molar-refractivity contribution in [2.75, 3.05) is 18.2 Å². The van der Waals surface area contributed by atoms with Gasteiger partial charge in [-0.05, 0) is 24.3 Å².